The van der Waals surface area contributed by atoms with E-state index < -0.39 is 16.5 Å². The Morgan fingerprint density at radius 2 is 2.14 bits per heavy atom. The Kier molecular flexibility index (Phi) is 3.99. The van der Waals surface area contributed by atoms with Crippen LogP contribution >= 0.6 is 11.6 Å². The van der Waals surface area contributed by atoms with Gasteiger partial charge in [0.2, 0.25) is 5.69 Å². The van der Waals surface area contributed by atoms with Gasteiger partial charge in [-0.3, -0.25) is 24.8 Å². The van der Waals surface area contributed by atoms with Gasteiger partial charge in [-0.05, 0) is 25.1 Å². The lowest BCUT2D eigenvalue weighted by Crippen LogP contribution is -2.14. The maximum atomic E-state index is 11.9. The number of hydrogen-bond donors (Lipinski definition) is 2. The SMILES string of the molecule is CC(=O)c1ccc(NC(=O)c2[nH]ncc2[N+](=O)[O-])cc1Cl. The third kappa shape index (κ3) is 3.06. The average Bonchev–Trinajstić information content (AvgIpc) is 2.87. The van der Waals surface area contributed by atoms with E-state index in [9.17, 15) is 19.7 Å². The molecule has 0 saturated heterocycles. The van der Waals surface area contributed by atoms with E-state index in [1.165, 1.54) is 25.1 Å². The van der Waals surface area contributed by atoms with E-state index in [1.807, 2.05) is 0 Å². The molecule has 2 rings (SSSR count). The molecule has 108 valence electrons. The summed E-state index contributed by atoms with van der Waals surface area (Å²) in [7, 11) is 0. The number of anilines is 1. The molecule has 0 saturated carbocycles. The van der Waals surface area contributed by atoms with Crippen LogP contribution in [0.4, 0.5) is 11.4 Å². The monoisotopic (exact) mass is 308 g/mol. The number of benzene rings is 1. The van der Waals surface area contributed by atoms with Crippen molar-refractivity contribution in [1.29, 1.82) is 0 Å². The normalized spacial score (nSPS) is 10.2. The zero-order valence-electron chi connectivity index (χ0n) is 10.7. The number of halogens is 1. The summed E-state index contributed by atoms with van der Waals surface area (Å²) in [6.45, 7) is 1.37. The van der Waals surface area contributed by atoms with Gasteiger partial charge in [0, 0.05) is 11.3 Å². The van der Waals surface area contributed by atoms with Crippen LogP contribution in [-0.4, -0.2) is 26.8 Å². The molecule has 9 heteroatoms. The molecule has 0 fully saturated rings. The van der Waals surface area contributed by atoms with Crippen molar-refractivity contribution in [2.75, 3.05) is 5.32 Å². The van der Waals surface area contributed by atoms with E-state index in [-0.39, 0.29) is 16.5 Å². The molecular weight excluding hydrogens is 300 g/mol. The van der Waals surface area contributed by atoms with Crippen molar-refractivity contribution in [1.82, 2.24) is 10.2 Å². The quantitative estimate of drug-likeness (QED) is 0.511. The standard InChI is InChI=1S/C12H9ClN4O4/c1-6(18)8-3-2-7(4-9(8)13)15-12(19)11-10(17(20)21)5-14-16-11/h2-5H,1H3,(H,14,16)(H,15,19). The summed E-state index contributed by atoms with van der Waals surface area (Å²) < 4.78 is 0. The number of ketones is 1. The van der Waals surface area contributed by atoms with Gasteiger partial charge >= 0.3 is 5.69 Å². The molecule has 1 aromatic carbocycles. The minimum atomic E-state index is -0.731. The fourth-order valence-electron chi connectivity index (χ4n) is 1.66. The Hall–Kier alpha value is -2.74. The molecule has 8 nitrogen and oxygen atoms in total. The molecular formula is C12H9ClN4O4. The van der Waals surface area contributed by atoms with Crippen LogP contribution in [0, 0.1) is 10.1 Å². The Labute approximate surface area is 123 Å². The number of rotatable bonds is 4. The van der Waals surface area contributed by atoms with E-state index in [4.69, 9.17) is 11.6 Å². The second kappa shape index (κ2) is 5.71. The van der Waals surface area contributed by atoms with Crippen LogP contribution in [0.1, 0.15) is 27.8 Å². The molecule has 0 bridgehead atoms. The summed E-state index contributed by atoms with van der Waals surface area (Å²) in [5.74, 6) is -0.937. The largest absolute Gasteiger partial charge is 0.320 e. The Balaban J connectivity index is 2.24. The zero-order chi connectivity index (χ0) is 15.6. The smallest absolute Gasteiger partial charge is 0.319 e. The zero-order valence-corrected chi connectivity index (χ0v) is 11.5. The fraction of sp³-hybridized carbons (Fsp3) is 0.0833. The van der Waals surface area contributed by atoms with Crippen molar-refractivity contribution in [3.05, 3.63) is 50.8 Å². The van der Waals surface area contributed by atoms with E-state index in [1.54, 1.807) is 0 Å². The molecule has 0 unspecified atom stereocenters. The first kappa shape index (κ1) is 14.7. The van der Waals surface area contributed by atoms with Crippen LogP contribution in [-0.2, 0) is 0 Å². The van der Waals surface area contributed by atoms with Crippen molar-refractivity contribution in [3.63, 3.8) is 0 Å². The van der Waals surface area contributed by atoms with Gasteiger partial charge in [0.15, 0.2) is 5.78 Å². The number of nitrogens with zero attached hydrogens (tertiary/aromatic N) is 2. The molecule has 0 aliphatic carbocycles. The first-order valence-corrected chi connectivity index (χ1v) is 6.07. The van der Waals surface area contributed by atoms with E-state index in [0.29, 0.717) is 11.3 Å². The summed E-state index contributed by atoms with van der Waals surface area (Å²) in [5.41, 5.74) is -0.0770. The van der Waals surface area contributed by atoms with Crippen LogP contribution < -0.4 is 5.32 Å². The molecule has 0 aliphatic heterocycles. The molecule has 1 amide bonds. The van der Waals surface area contributed by atoms with Crippen LogP contribution in [0.15, 0.2) is 24.4 Å². The number of aromatic nitrogens is 2. The van der Waals surface area contributed by atoms with E-state index >= 15 is 0 Å². The number of carbonyl (C=O) groups is 2. The van der Waals surface area contributed by atoms with Gasteiger partial charge in [0.05, 0.1) is 9.95 Å². The first-order chi connectivity index (χ1) is 9.90. The molecule has 0 spiro atoms. The Bertz CT molecular complexity index is 741. The van der Waals surface area contributed by atoms with Crippen molar-refractivity contribution in [3.8, 4) is 0 Å². The number of nitrogens with one attached hydrogen (secondary N) is 2. The van der Waals surface area contributed by atoms with Gasteiger partial charge < -0.3 is 5.32 Å². The minimum absolute atomic E-state index is 0.180. The molecule has 0 aliphatic rings. The third-order valence-electron chi connectivity index (χ3n) is 2.65. The maximum Gasteiger partial charge on any atom is 0.319 e. The summed E-state index contributed by atoms with van der Waals surface area (Å²) in [5, 5.41) is 19.1. The molecule has 1 heterocycles. The molecule has 2 aromatic rings. The molecule has 0 atom stereocenters. The number of Topliss-reactive ketones (excluding diaryl/α,β-unsaturated/α-hetero) is 1. The van der Waals surface area contributed by atoms with E-state index in [2.05, 4.69) is 15.5 Å². The Morgan fingerprint density at radius 1 is 1.43 bits per heavy atom. The third-order valence-corrected chi connectivity index (χ3v) is 2.96. The lowest BCUT2D eigenvalue weighted by atomic mass is 10.1. The van der Waals surface area contributed by atoms with Crippen molar-refractivity contribution < 1.29 is 14.5 Å². The number of aromatic amines is 1. The van der Waals surface area contributed by atoms with Gasteiger partial charge in [-0.15, -0.1) is 0 Å². The van der Waals surface area contributed by atoms with E-state index in [0.717, 1.165) is 6.20 Å². The lowest BCUT2D eigenvalue weighted by molar-refractivity contribution is -0.385. The first-order valence-electron chi connectivity index (χ1n) is 5.69. The van der Waals surface area contributed by atoms with Gasteiger partial charge in [-0.1, -0.05) is 11.6 Å². The van der Waals surface area contributed by atoms with Crippen molar-refractivity contribution >= 4 is 34.7 Å². The highest BCUT2D eigenvalue weighted by Crippen LogP contribution is 2.23. The molecule has 1 aromatic heterocycles. The highest BCUT2D eigenvalue weighted by Gasteiger charge is 2.23. The molecule has 21 heavy (non-hydrogen) atoms. The summed E-state index contributed by atoms with van der Waals surface area (Å²) in [6, 6.07) is 4.32. The van der Waals surface area contributed by atoms with Crippen molar-refractivity contribution in [2.24, 2.45) is 0 Å². The summed E-state index contributed by atoms with van der Waals surface area (Å²) >= 11 is 5.91. The average molecular weight is 309 g/mol. The summed E-state index contributed by atoms with van der Waals surface area (Å²) in [4.78, 5) is 33.2. The molecule has 2 N–H and O–H groups in total. The number of carbonyl (C=O) groups excluding carboxylic acids is 2. The predicted octanol–water partition coefficient (Wildman–Crippen LogP) is 2.43. The van der Waals surface area contributed by atoms with Gasteiger partial charge in [-0.2, -0.15) is 5.10 Å². The van der Waals surface area contributed by atoms with Gasteiger partial charge in [-0.25, -0.2) is 0 Å². The topological polar surface area (TPSA) is 118 Å². The predicted molar refractivity (Wildman–Crippen MR) is 74.7 cm³/mol. The van der Waals surface area contributed by atoms with Crippen LogP contribution in [0.5, 0.6) is 0 Å². The Morgan fingerprint density at radius 3 is 2.71 bits per heavy atom. The fourth-order valence-corrected chi connectivity index (χ4v) is 1.97. The maximum absolute atomic E-state index is 11.9. The molecule has 0 radical (unpaired) electrons. The van der Waals surface area contributed by atoms with Gasteiger partial charge in [0.1, 0.15) is 6.20 Å². The second-order valence-corrected chi connectivity index (χ2v) is 4.50. The van der Waals surface area contributed by atoms with Crippen molar-refractivity contribution in [2.45, 2.75) is 6.92 Å². The number of hydrogen-bond acceptors (Lipinski definition) is 5. The van der Waals surface area contributed by atoms with Gasteiger partial charge in [0.25, 0.3) is 5.91 Å². The summed E-state index contributed by atoms with van der Waals surface area (Å²) in [6.07, 6.45) is 0.945. The second-order valence-electron chi connectivity index (χ2n) is 4.09. The number of amides is 1. The number of H-pyrrole nitrogens is 1. The lowest BCUT2D eigenvalue weighted by Gasteiger charge is -2.06. The number of nitro groups is 1. The minimum Gasteiger partial charge on any atom is -0.320 e. The van der Waals surface area contributed by atoms with Crippen LogP contribution in [0.2, 0.25) is 5.02 Å². The van der Waals surface area contributed by atoms with Crippen LogP contribution in [0.25, 0.3) is 0 Å². The van der Waals surface area contributed by atoms with Crippen LogP contribution in [0.3, 0.4) is 0 Å². The highest BCUT2D eigenvalue weighted by atomic mass is 35.5. The highest BCUT2D eigenvalue weighted by molar-refractivity contribution is 6.34.